The van der Waals surface area contributed by atoms with Crippen molar-refractivity contribution in [3.05, 3.63) is 87.7 Å². The van der Waals surface area contributed by atoms with Crippen molar-refractivity contribution in [3.8, 4) is 11.3 Å². The van der Waals surface area contributed by atoms with E-state index < -0.39 is 17.5 Å². The summed E-state index contributed by atoms with van der Waals surface area (Å²) in [7, 11) is 0. The van der Waals surface area contributed by atoms with E-state index in [1.54, 1.807) is 42.6 Å². The molecule has 5 aromatic rings. The van der Waals surface area contributed by atoms with Gasteiger partial charge in [-0.05, 0) is 30.7 Å². The molecule has 0 saturated heterocycles. The molecule has 1 aliphatic heterocycles. The van der Waals surface area contributed by atoms with Gasteiger partial charge in [0.15, 0.2) is 0 Å². The lowest BCUT2D eigenvalue weighted by Crippen LogP contribution is -2.36. The second-order valence-electron chi connectivity index (χ2n) is 9.35. The summed E-state index contributed by atoms with van der Waals surface area (Å²) < 4.78 is 7.25. The first-order valence-corrected chi connectivity index (χ1v) is 13.0. The number of pyridine rings is 1. The van der Waals surface area contributed by atoms with Crippen LogP contribution in [0.1, 0.15) is 46.4 Å². The Balaban J connectivity index is 1.21. The van der Waals surface area contributed by atoms with E-state index in [4.69, 9.17) is 10.3 Å². The summed E-state index contributed by atoms with van der Waals surface area (Å²) in [5, 5.41) is 10.4. The number of rotatable bonds is 6. The Bertz CT molecular complexity index is 1780. The van der Waals surface area contributed by atoms with Gasteiger partial charge in [0, 0.05) is 44.3 Å². The molecule has 11 nitrogen and oxygen atoms in total. The van der Waals surface area contributed by atoms with Crippen molar-refractivity contribution in [1.29, 1.82) is 0 Å². The van der Waals surface area contributed by atoms with Crippen LogP contribution in [0.2, 0.25) is 0 Å². The van der Waals surface area contributed by atoms with Crippen LogP contribution in [0, 0.1) is 0 Å². The van der Waals surface area contributed by atoms with Gasteiger partial charge in [0.25, 0.3) is 11.5 Å². The molecule has 0 fully saturated rings. The minimum Gasteiger partial charge on any atom is -0.384 e. The molecule has 0 saturated carbocycles. The van der Waals surface area contributed by atoms with Crippen molar-refractivity contribution in [1.82, 2.24) is 25.0 Å². The Kier molecular flexibility index (Phi) is 6.15. The molecule has 4 aromatic heterocycles. The lowest BCUT2D eigenvalue weighted by atomic mass is 10.1. The summed E-state index contributed by atoms with van der Waals surface area (Å²) >= 11 is 1.52. The number of aromatic nitrogens is 4. The standard InChI is InChI=1S/C27H23N7O4S/c1-14-7-21(26(36)31-12-18-9-17-11-29-23(28)10-22(17)39-18)34-24(14)30-13-20(27(34)37)32-25(35)16-4-2-3-15(8-16)19-5-6-38-33-19/h2-6,8-11,13-14,21H,7,12H2,1H3,(H2,28,29)(H,31,36)(H,32,35)/t14-,21+/m1/s1. The van der Waals surface area contributed by atoms with Crippen molar-refractivity contribution >= 4 is 44.7 Å². The van der Waals surface area contributed by atoms with Gasteiger partial charge in [-0.1, -0.05) is 24.2 Å². The maximum absolute atomic E-state index is 13.5. The predicted molar refractivity (Wildman–Crippen MR) is 146 cm³/mol. The molecule has 4 N–H and O–H groups in total. The Morgan fingerprint density at radius 3 is 2.87 bits per heavy atom. The molecule has 0 radical (unpaired) electrons. The van der Waals surface area contributed by atoms with Gasteiger partial charge in [-0.25, -0.2) is 9.97 Å². The third-order valence-corrected chi connectivity index (χ3v) is 7.77. The SMILES string of the molecule is C[C@@H]1C[C@@H](C(=O)NCc2cc3cnc(N)cc3s2)n2c1ncc(NC(=O)c1cccc(-c3ccon3)c1)c2=O. The van der Waals surface area contributed by atoms with Gasteiger partial charge in [-0.3, -0.25) is 19.0 Å². The summed E-state index contributed by atoms with van der Waals surface area (Å²) in [6.07, 6.45) is 4.93. The monoisotopic (exact) mass is 541 g/mol. The number of nitrogen functional groups attached to an aromatic ring is 1. The highest BCUT2D eigenvalue weighted by Gasteiger charge is 2.35. The third-order valence-electron chi connectivity index (χ3n) is 6.67. The van der Waals surface area contributed by atoms with Crippen LogP contribution in [0.3, 0.4) is 0 Å². The minimum atomic E-state index is -0.742. The number of anilines is 2. The fourth-order valence-corrected chi connectivity index (χ4v) is 5.78. The van der Waals surface area contributed by atoms with Crippen molar-refractivity contribution in [3.63, 3.8) is 0 Å². The second-order valence-corrected chi connectivity index (χ2v) is 10.5. The lowest BCUT2D eigenvalue weighted by Gasteiger charge is -2.15. The van der Waals surface area contributed by atoms with Crippen LogP contribution in [0.15, 0.2) is 70.4 Å². The summed E-state index contributed by atoms with van der Waals surface area (Å²) in [6, 6.07) is 11.5. The molecule has 39 heavy (non-hydrogen) atoms. The number of fused-ring (bicyclic) bond motifs is 2. The van der Waals surface area contributed by atoms with Crippen LogP contribution in [0.4, 0.5) is 11.5 Å². The molecule has 0 bridgehead atoms. The van der Waals surface area contributed by atoms with E-state index in [9.17, 15) is 14.4 Å². The maximum Gasteiger partial charge on any atom is 0.278 e. The first kappa shape index (κ1) is 24.5. The van der Waals surface area contributed by atoms with E-state index in [1.807, 2.05) is 13.0 Å². The number of hydrogen-bond donors (Lipinski definition) is 3. The summed E-state index contributed by atoms with van der Waals surface area (Å²) in [5.74, 6) is 0.0781. The number of thiophene rings is 1. The number of nitrogens with one attached hydrogen (secondary N) is 2. The Morgan fingerprint density at radius 1 is 1.18 bits per heavy atom. The van der Waals surface area contributed by atoms with Gasteiger partial charge in [-0.15, -0.1) is 11.3 Å². The highest BCUT2D eigenvalue weighted by Crippen LogP contribution is 2.34. The summed E-state index contributed by atoms with van der Waals surface area (Å²) in [5.41, 5.74) is 6.91. The number of carbonyl (C=O) groups excluding carboxylic acids is 2. The van der Waals surface area contributed by atoms with Crippen molar-refractivity contribution in [2.45, 2.75) is 31.8 Å². The molecule has 1 aliphatic rings. The zero-order chi connectivity index (χ0) is 27.1. The van der Waals surface area contributed by atoms with E-state index in [0.29, 0.717) is 41.4 Å². The lowest BCUT2D eigenvalue weighted by molar-refractivity contribution is -0.124. The van der Waals surface area contributed by atoms with Gasteiger partial charge < -0.3 is 20.9 Å². The number of nitrogens with two attached hydrogens (primary N) is 1. The smallest absolute Gasteiger partial charge is 0.278 e. The molecule has 5 heterocycles. The van der Waals surface area contributed by atoms with E-state index in [-0.39, 0.29) is 17.5 Å². The zero-order valence-electron chi connectivity index (χ0n) is 20.7. The number of nitrogens with zero attached hydrogens (tertiary/aromatic N) is 4. The number of benzene rings is 1. The molecule has 0 aliphatic carbocycles. The van der Waals surface area contributed by atoms with Crippen molar-refractivity contribution < 1.29 is 14.1 Å². The van der Waals surface area contributed by atoms with Crippen LogP contribution in [-0.2, 0) is 11.3 Å². The van der Waals surface area contributed by atoms with Crippen LogP contribution >= 0.6 is 11.3 Å². The van der Waals surface area contributed by atoms with E-state index >= 15 is 0 Å². The maximum atomic E-state index is 13.5. The predicted octanol–water partition coefficient (Wildman–Crippen LogP) is 3.71. The Hall–Kier alpha value is -4.84. The first-order chi connectivity index (χ1) is 18.9. The highest BCUT2D eigenvalue weighted by atomic mass is 32.1. The Morgan fingerprint density at radius 2 is 2.05 bits per heavy atom. The molecular formula is C27H23N7O4S. The van der Waals surface area contributed by atoms with Crippen LogP contribution in [0.25, 0.3) is 21.3 Å². The molecule has 2 atom stereocenters. The average Bonchev–Trinajstić information content (AvgIpc) is 3.68. The highest BCUT2D eigenvalue weighted by molar-refractivity contribution is 7.19. The van der Waals surface area contributed by atoms with Crippen molar-refractivity contribution in [2.24, 2.45) is 0 Å². The van der Waals surface area contributed by atoms with Gasteiger partial charge >= 0.3 is 0 Å². The van der Waals surface area contributed by atoms with Crippen LogP contribution < -0.4 is 21.9 Å². The van der Waals surface area contributed by atoms with Gasteiger partial charge in [0.1, 0.15) is 35.3 Å². The fourth-order valence-electron chi connectivity index (χ4n) is 4.76. The summed E-state index contributed by atoms with van der Waals surface area (Å²) in [6.45, 7) is 2.22. The molecule has 0 unspecified atom stereocenters. The van der Waals surface area contributed by atoms with Gasteiger partial charge in [-0.2, -0.15) is 0 Å². The van der Waals surface area contributed by atoms with Crippen molar-refractivity contribution in [2.75, 3.05) is 11.1 Å². The first-order valence-electron chi connectivity index (χ1n) is 12.2. The average molecular weight is 542 g/mol. The minimum absolute atomic E-state index is 0.00270. The second kappa shape index (κ2) is 9.80. The fraction of sp³-hybridized carbons (Fsp3) is 0.185. The molecule has 6 rings (SSSR count). The molecule has 196 valence electrons. The van der Waals surface area contributed by atoms with Gasteiger partial charge in [0.2, 0.25) is 5.91 Å². The van der Waals surface area contributed by atoms with E-state index in [2.05, 4.69) is 25.8 Å². The normalized spacial score (nSPS) is 16.2. The topological polar surface area (TPSA) is 158 Å². The quantitative estimate of drug-likeness (QED) is 0.293. The molecule has 1 aromatic carbocycles. The molecule has 2 amide bonds. The number of hydrogen-bond acceptors (Lipinski definition) is 9. The largest absolute Gasteiger partial charge is 0.384 e. The van der Waals surface area contributed by atoms with E-state index in [0.717, 1.165) is 15.0 Å². The summed E-state index contributed by atoms with van der Waals surface area (Å²) in [4.78, 5) is 49.1. The Labute approximate surface area is 225 Å². The number of carbonyl (C=O) groups is 2. The third kappa shape index (κ3) is 4.66. The molecular weight excluding hydrogens is 518 g/mol. The molecule has 0 spiro atoms. The van der Waals surface area contributed by atoms with Gasteiger partial charge in [0.05, 0.1) is 12.7 Å². The van der Waals surface area contributed by atoms with Crippen LogP contribution in [-0.4, -0.2) is 31.5 Å². The van der Waals surface area contributed by atoms with E-state index in [1.165, 1.54) is 28.4 Å². The zero-order valence-corrected chi connectivity index (χ0v) is 21.6. The van der Waals surface area contributed by atoms with Crippen LogP contribution in [0.5, 0.6) is 0 Å². The number of amides is 2. The molecule has 12 heteroatoms.